The van der Waals surface area contributed by atoms with Crippen LogP contribution in [0.25, 0.3) is 5.52 Å². The Balaban J connectivity index is 1.88. The van der Waals surface area contributed by atoms with E-state index in [0.29, 0.717) is 11.2 Å². The fourth-order valence-electron chi connectivity index (χ4n) is 3.08. The molecular formula is C17H22N6O4S. The highest BCUT2D eigenvalue weighted by Crippen LogP contribution is 2.50. The number of thioether (sulfide) groups is 1. The minimum atomic E-state index is -1.52. The summed E-state index contributed by atoms with van der Waals surface area (Å²) in [6.45, 7) is 3.40. The van der Waals surface area contributed by atoms with E-state index in [1.54, 1.807) is 26.0 Å². The van der Waals surface area contributed by atoms with Crippen LogP contribution in [0.3, 0.4) is 0 Å². The first-order valence-corrected chi connectivity index (χ1v) is 9.57. The molecule has 150 valence electrons. The Morgan fingerprint density at radius 2 is 2.21 bits per heavy atom. The van der Waals surface area contributed by atoms with Crippen molar-refractivity contribution in [3.05, 3.63) is 24.2 Å². The van der Waals surface area contributed by atoms with Crippen molar-refractivity contribution in [2.75, 3.05) is 12.3 Å². The minimum absolute atomic E-state index is 0.102. The van der Waals surface area contributed by atoms with Gasteiger partial charge in [-0.3, -0.25) is 4.79 Å². The van der Waals surface area contributed by atoms with Crippen molar-refractivity contribution in [1.82, 2.24) is 14.6 Å². The second-order valence-electron chi connectivity index (χ2n) is 7.00. The molecule has 1 fully saturated rings. The predicted molar refractivity (Wildman–Crippen MR) is 102 cm³/mol. The van der Waals surface area contributed by atoms with Crippen LogP contribution in [0.2, 0.25) is 0 Å². The van der Waals surface area contributed by atoms with Gasteiger partial charge < -0.3 is 26.4 Å². The van der Waals surface area contributed by atoms with Crippen LogP contribution in [0, 0.1) is 17.2 Å². The number of carbonyl (C=O) groups excluding carboxylic acids is 1. The summed E-state index contributed by atoms with van der Waals surface area (Å²) in [4.78, 5) is 15.9. The molecule has 1 aliphatic rings. The van der Waals surface area contributed by atoms with Gasteiger partial charge in [0.05, 0.1) is 23.1 Å². The van der Waals surface area contributed by atoms with Crippen molar-refractivity contribution in [2.24, 2.45) is 11.7 Å². The van der Waals surface area contributed by atoms with Crippen molar-refractivity contribution in [1.29, 1.82) is 5.26 Å². The zero-order valence-corrected chi connectivity index (χ0v) is 16.2. The van der Waals surface area contributed by atoms with Crippen LogP contribution >= 0.6 is 11.8 Å². The number of aliphatic hydroxyl groups excluding tert-OH is 2. The van der Waals surface area contributed by atoms with Gasteiger partial charge in [-0.05, 0) is 18.1 Å². The molecule has 10 nitrogen and oxygen atoms in total. The first-order valence-electron chi connectivity index (χ1n) is 8.69. The molecule has 0 spiro atoms. The van der Waals surface area contributed by atoms with Crippen LogP contribution in [0.5, 0.6) is 0 Å². The van der Waals surface area contributed by atoms with Crippen LogP contribution in [0.4, 0.5) is 5.82 Å². The van der Waals surface area contributed by atoms with Crippen molar-refractivity contribution < 1.29 is 19.7 Å². The van der Waals surface area contributed by atoms with Gasteiger partial charge in [0, 0.05) is 0 Å². The number of fused-ring (bicyclic) bond motifs is 1. The lowest BCUT2D eigenvalue weighted by Gasteiger charge is -2.24. The van der Waals surface area contributed by atoms with Crippen LogP contribution in [-0.4, -0.2) is 60.9 Å². The third-order valence-corrected chi connectivity index (χ3v) is 6.50. The van der Waals surface area contributed by atoms with E-state index in [9.17, 15) is 20.3 Å². The summed E-state index contributed by atoms with van der Waals surface area (Å²) in [5, 5.41) is 34.5. The molecule has 6 N–H and O–H groups in total. The van der Waals surface area contributed by atoms with Crippen molar-refractivity contribution in [2.45, 2.75) is 42.1 Å². The van der Waals surface area contributed by atoms with Crippen LogP contribution < -0.4 is 11.5 Å². The lowest BCUT2D eigenvalue weighted by molar-refractivity contribution is -0.147. The summed E-state index contributed by atoms with van der Waals surface area (Å²) in [6.07, 6.45) is -1.48. The van der Waals surface area contributed by atoms with Crippen LogP contribution in [0.1, 0.15) is 19.5 Å². The van der Waals surface area contributed by atoms with Gasteiger partial charge >= 0.3 is 5.97 Å². The Bertz CT molecular complexity index is 928. The molecule has 2 aromatic rings. The molecule has 0 unspecified atom stereocenters. The number of nitriles is 1. The van der Waals surface area contributed by atoms with Gasteiger partial charge in [-0.15, -0.1) is 11.8 Å². The van der Waals surface area contributed by atoms with Crippen LogP contribution in [0.15, 0.2) is 18.5 Å². The Morgan fingerprint density at radius 1 is 1.50 bits per heavy atom. The monoisotopic (exact) mass is 406 g/mol. The second-order valence-corrected chi connectivity index (χ2v) is 8.49. The summed E-state index contributed by atoms with van der Waals surface area (Å²) < 4.78 is 5.10. The normalized spacial score (nSPS) is 28.4. The van der Waals surface area contributed by atoms with E-state index in [0.717, 1.165) is 11.8 Å². The van der Waals surface area contributed by atoms with E-state index in [1.165, 1.54) is 10.8 Å². The maximum atomic E-state index is 12.0. The molecule has 0 radical (unpaired) electrons. The molecule has 11 heteroatoms. The minimum Gasteiger partial charge on any atom is -0.463 e. The average Bonchev–Trinajstić information content (AvgIpc) is 3.21. The number of anilines is 1. The number of hydrogen-bond acceptors (Lipinski definition) is 10. The molecule has 1 aliphatic heterocycles. The fraction of sp³-hybridized carbons (Fsp3) is 0.529. The van der Waals surface area contributed by atoms with E-state index in [1.807, 2.05) is 0 Å². The molecule has 0 bridgehead atoms. The van der Waals surface area contributed by atoms with E-state index >= 15 is 0 Å². The zero-order chi connectivity index (χ0) is 20.6. The topological polar surface area (TPSA) is 173 Å². The highest BCUT2D eigenvalue weighted by molar-refractivity contribution is 8.01. The maximum Gasteiger partial charge on any atom is 0.323 e. The number of esters is 1. The highest BCUT2D eigenvalue weighted by atomic mass is 32.2. The van der Waals surface area contributed by atoms with Crippen molar-refractivity contribution in [3.63, 3.8) is 0 Å². The SMILES string of the molecule is CC(C)[C@H](N)C(=O)OC[C@H]1S[C@@](C#N)(c2ccc3c(N)ncnn23)[C@H](O)[C@@H]1O. The summed E-state index contributed by atoms with van der Waals surface area (Å²) in [6, 6.07) is 4.55. The number of rotatable bonds is 5. The molecule has 0 aromatic carbocycles. The van der Waals surface area contributed by atoms with E-state index in [2.05, 4.69) is 16.2 Å². The van der Waals surface area contributed by atoms with E-state index < -0.39 is 34.2 Å². The molecule has 0 saturated carbocycles. The number of nitrogen functional groups attached to an aromatic ring is 1. The molecule has 3 rings (SSSR count). The van der Waals surface area contributed by atoms with E-state index in [4.69, 9.17) is 16.2 Å². The van der Waals surface area contributed by atoms with Gasteiger partial charge in [0.1, 0.15) is 30.6 Å². The summed E-state index contributed by atoms with van der Waals surface area (Å²) in [7, 11) is 0. The lowest BCUT2D eigenvalue weighted by Crippen LogP contribution is -2.41. The molecule has 0 amide bonds. The number of hydrogen-bond donors (Lipinski definition) is 4. The summed E-state index contributed by atoms with van der Waals surface area (Å²) in [5.74, 6) is -0.476. The highest BCUT2D eigenvalue weighted by Gasteiger charge is 2.57. The first-order chi connectivity index (χ1) is 13.2. The van der Waals surface area contributed by atoms with Gasteiger partial charge in [-0.1, -0.05) is 13.8 Å². The molecule has 1 saturated heterocycles. The molecule has 3 heterocycles. The molecule has 28 heavy (non-hydrogen) atoms. The Labute approximate surface area is 165 Å². The Hall–Kier alpha value is -2.39. The summed E-state index contributed by atoms with van der Waals surface area (Å²) in [5.41, 5.74) is 12.4. The largest absolute Gasteiger partial charge is 0.463 e. The van der Waals surface area contributed by atoms with Crippen LogP contribution in [-0.2, 0) is 14.3 Å². The number of carbonyl (C=O) groups is 1. The average molecular weight is 406 g/mol. The Morgan fingerprint density at radius 3 is 2.86 bits per heavy atom. The Kier molecular flexibility index (Phi) is 5.49. The number of nitrogens with two attached hydrogens (primary N) is 2. The van der Waals surface area contributed by atoms with Crippen molar-refractivity contribution >= 4 is 29.1 Å². The van der Waals surface area contributed by atoms with E-state index in [-0.39, 0.29) is 18.3 Å². The standard InChI is InChI=1S/C17H22N6O4S/c1-8(2)12(19)16(26)27-5-10-13(24)14(25)17(6-18,28-10)11-4-3-9-15(20)21-7-22-23(9)11/h3-4,7-8,10,12-14,24-25H,5,19H2,1-2H3,(H2,20,21,22)/t10-,12+,13-,14-,17+/m1/s1. The maximum absolute atomic E-state index is 12.0. The molecule has 5 atom stereocenters. The number of aromatic nitrogens is 3. The summed E-state index contributed by atoms with van der Waals surface area (Å²) >= 11 is 1.01. The third kappa shape index (κ3) is 3.18. The van der Waals surface area contributed by atoms with Gasteiger partial charge in [-0.2, -0.15) is 10.4 Å². The number of nitrogens with zero attached hydrogens (tertiary/aromatic N) is 4. The van der Waals surface area contributed by atoms with Gasteiger partial charge in [-0.25, -0.2) is 9.50 Å². The predicted octanol–water partition coefficient (Wildman–Crippen LogP) is -0.606. The number of ether oxygens (including phenoxy) is 1. The van der Waals surface area contributed by atoms with Crippen molar-refractivity contribution in [3.8, 4) is 6.07 Å². The number of aliphatic hydroxyl groups is 2. The van der Waals surface area contributed by atoms with Gasteiger partial charge in [0.15, 0.2) is 10.6 Å². The first kappa shape index (κ1) is 20.3. The lowest BCUT2D eigenvalue weighted by atomic mass is 9.94. The molecule has 2 aromatic heterocycles. The van der Waals surface area contributed by atoms with Gasteiger partial charge in [0.2, 0.25) is 0 Å². The molecular weight excluding hydrogens is 384 g/mol. The second kappa shape index (κ2) is 7.56. The quantitative estimate of drug-likeness (QED) is 0.469. The zero-order valence-electron chi connectivity index (χ0n) is 15.4. The van der Waals surface area contributed by atoms with Gasteiger partial charge in [0.25, 0.3) is 0 Å². The molecule has 0 aliphatic carbocycles. The third-order valence-electron chi connectivity index (χ3n) is 4.87. The smallest absolute Gasteiger partial charge is 0.323 e. The fourth-order valence-corrected chi connectivity index (χ4v) is 4.59.